The molecule has 0 aromatic carbocycles. The molecule has 2 N–H and O–H groups in total. The molecule has 0 bridgehead atoms. The number of aryl methyl sites for hydroxylation is 2. The van der Waals surface area contributed by atoms with Crippen molar-refractivity contribution >= 4 is 39.1 Å². The van der Waals surface area contributed by atoms with E-state index in [4.69, 9.17) is 5.73 Å². The van der Waals surface area contributed by atoms with Crippen molar-refractivity contribution in [3.8, 4) is 0 Å². The number of fused-ring (bicyclic) bond motifs is 1. The molecule has 2 aromatic rings. The summed E-state index contributed by atoms with van der Waals surface area (Å²) in [4.78, 5) is 13.9. The first-order chi connectivity index (χ1) is 10.1. The van der Waals surface area contributed by atoms with E-state index in [0.717, 1.165) is 43.1 Å². The van der Waals surface area contributed by atoms with E-state index < -0.39 is 0 Å². The monoisotopic (exact) mass is 322 g/mol. The molecule has 0 unspecified atom stereocenters. The van der Waals surface area contributed by atoms with Gasteiger partial charge in [-0.05, 0) is 38.5 Å². The van der Waals surface area contributed by atoms with Gasteiger partial charge in [-0.25, -0.2) is 9.97 Å². The van der Waals surface area contributed by atoms with E-state index in [1.807, 2.05) is 11.8 Å². The number of nitrogens with zero attached hydrogens (tertiary/aromatic N) is 3. The van der Waals surface area contributed by atoms with Crippen LogP contribution in [0.3, 0.4) is 0 Å². The van der Waals surface area contributed by atoms with Crippen LogP contribution >= 0.6 is 23.1 Å². The second-order valence-corrected chi connectivity index (χ2v) is 8.22. The Balaban J connectivity index is 1.92. The van der Waals surface area contributed by atoms with Gasteiger partial charge in [0.05, 0.1) is 5.39 Å². The molecule has 21 heavy (non-hydrogen) atoms. The van der Waals surface area contributed by atoms with E-state index in [-0.39, 0.29) is 4.75 Å². The standard InChI is InChI=1S/C15H22N4S2/c1-10-11(2)21-14-12(10)13(17-9-18-14)19-6-4-15(8-16,20-3)5-7-19/h9H,4-8,16H2,1-3H3. The lowest BCUT2D eigenvalue weighted by atomic mass is 9.95. The fourth-order valence-corrected chi connectivity index (χ4v) is 4.77. The van der Waals surface area contributed by atoms with Gasteiger partial charge in [-0.15, -0.1) is 11.3 Å². The predicted molar refractivity (Wildman–Crippen MR) is 93.6 cm³/mol. The van der Waals surface area contributed by atoms with Crippen molar-refractivity contribution in [1.29, 1.82) is 0 Å². The number of anilines is 1. The third kappa shape index (κ3) is 2.53. The van der Waals surface area contributed by atoms with Gasteiger partial charge in [0, 0.05) is 29.3 Å². The predicted octanol–water partition coefficient (Wildman–Crippen LogP) is 2.97. The maximum atomic E-state index is 5.99. The zero-order chi connectivity index (χ0) is 15.0. The van der Waals surface area contributed by atoms with Crippen molar-refractivity contribution in [3.63, 3.8) is 0 Å². The highest BCUT2D eigenvalue weighted by atomic mass is 32.2. The van der Waals surface area contributed by atoms with Gasteiger partial charge in [-0.1, -0.05) is 0 Å². The number of thioether (sulfide) groups is 1. The molecule has 1 aliphatic heterocycles. The summed E-state index contributed by atoms with van der Waals surface area (Å²) in [6.07, 6.45) is 6.13. The molecule has 1 fully saturated rings. The van der Waals surface area contributed by atoms with Crippen LogP contribution < -0.4 is 10.6 Å². The second kappa shape index (κ2) is 5.74. The SMILES string of the molecule is CSC1(CN)CCN(c2ncnc3sc(C)c(C)c23)CC1. The minimum absolute atomic E-state index is 0.252. The first-order valence-corrected chi connectivity index (χ1v) is 9.35. The molecule has 1 aliphatic rings. The number of nitrogens with two attached hydrogens (primary N) is 1. The molecule has 3 rings (SSSR count). The minimum atomic E-state index is 0.252. The average molecular weight is 323 g/mol. The summed E-state index contributed by atoms with van der Waals surface area (Å²) in [7, 11) is 0. The number of thiophene rings is 1. The smallest absolute Gasteiger partial charge is 0.141 e. The molecule has 0 amide bonds. The van der Waals surface area contributed by atoms with Crippen LogP contribution in [0.5, 0.6) is 0 Å². The molecule has 114 valence electrons. The van der Waals surface area contributed by atoms with E-state index in [0.29, 0.717) is 0 Å². The largest absolute Gasteiger partial charge is 0.356 e. The van der Waals surface area contributed by atoms with Crippen LogP contribution in [0.2, 0.25) is 0 Å². The van der Waals surface area contributed by atoms with Gasteiger partial charge in [0.15, 0.2) is 0 Å². The Hall–Kier alpha value is -0.850. The Morgan fingerprint density at radius 1 is 1.33 bits per heavy atom. The van der Waals surface area contributed by atoms with Crippen LogP contribution in [-0.2, 0) is 0 Å². The zero-order valence-electron chi connectivity index (χ0n) is 12.8. The Morgan fingerprint density at radius 3 is 2.67 bits per heavy atom. The van der Waals surface area contributed by atoms with Crippen LogP contribution in [0.15, 0.2) is 6.33 Å². The maximum absolute atomic E-state index is 5.99. The van der Waals surface area contributed by atoms with Crippen molar-refractivity contribution in [2.75, 3.05) is 30.8 Å². The Kier molecular flexibility index (Phi) is 4.12. The summed E-state index contributed by atoms with van der Waals surface area (Å²) in [5.74, 6) is 1.11. The average Bonchev–Trinajstić information content (AvgIpc) is 2.82. The molecule has 3 heterocycles. The van der Waals surface area contributed by atoms with Gasteiger partial charge in [0.25, 0.3) is 0 Å². The second-order valence-electron chi connectivity index (χ2n) is 5.74. The molecule has 1 saturated heterocycles. The fraction of sp³-hybridized carbons (Fsp3) is 0.600. The third-order valence-electron chi connectivity index (χ3n) is 4.72. The summed E-state index contributed by atoms with van der Waals surface area (Å²) in [6, 6.07) is 0. The molecule has 0 aliphatic carbocycles. The van der Waals surface area contributed by atoms with Crippen molar-refractivity contribution in [3.05, 3.63) is 16.8 Å². The lowest BCUT2D eigenvalue weighted by Gasteiger charge is -2.40. The van der Waals surface area contributed by atoms with Crippen LogP contribution in [0.4, 0.5) is 5.82 Å². The quantitative estimate of drug-likeness (QED) is 0.941. The summed E-state index contributed by atoms with van der Waals surface area (Å²) < 4.78 is 0.252. The molecule has 0 saturated carbocycles. The molecule has 2 aromatic heterocycles. The third-order valence-corrected chi connectivity index (χ3v) is 7.28. The first kappa shape index (κ1) is 15.1. The summed E-state index contributed by atoms with van der Waals surface area (Å²) in [6.45, 7) is 7.15. The number of hydrogen-bond acceptors (Lipinski definition) is 6. The minimum Gasteiger partial charge on any atom is -0.356 e. The van der Waals surface area contributed by atoms with Crippen molar-refractivity contribution < 1.29 is 0 Å². The van der Waals surface area contributed by atoms with E-state index in [2.05, 4.69) is 35.0 Å². The van der Waals surface area contributed by atoms with E-state index >= 15 is 0 Å². The highest BCUT2D eigenvalue weighted by molar-refractivity contribution is 8.00. The van der Waals surface area contributed by atoms with Gasteiger partial charge >= 0.3 is 0 Å². The van der Waals surface area contributed by atoms with Crippen molar-refractivity contribution in [1.82, 2.24) is 9.97 Å². The topological polar surface area (TPSA) is 55.0 Å². The van der Waals surface area contributed by atoms with Crippen LogP contribution in [0.1, 0.15) is 23.3 Å². The Labute approximate surface area is 134 Å². The van der Waals surface area contributed by atoms with Gasteiger partial charge in [-0.2, -0.15) is 11.8 Å². The van der Waals surface area contributed by atoms with Crippen LogP contribution in [0, 0.1) is 13.8 Å². The zero-order valence-corrected chi connectivity index (χ0v) is 14.5. The van der Waals surface area contributed by atoms with Gasteiger partial charge in [0.2, 0.25) is 0 Å². The lowest BCUT2D eigenvalue weighted by Crippen LogP contribution is -2.46. The summed E-state index contributed by atoms with van der Waals surface area (Å²) in [5, 5.41) is 1.24. The van der Waals surface area contributed by atoms with E-state index in [1.54, 1.807) is 17.7 Å². The molecule has 4 nitrogen and oxygen atoms in total. The number of hydrogen-bond donors (Lipinski definition) is 1. The molecule has 0 atom stereocenters. The summed E-state index contributed by atoms with van der Waals surface area (Å²) in [5.41, 5.74) is 7.31. The maximum Gasteiger partial charge on any atom is 0.141 e. The lowest BCUT2D eigenvalue weighted by molar-refractivity contribution is 0.456. The van der Waals surface area contributed by atoms with Crippen LogP contribution in [0.25, 0.3) is 10.2 Å². The van der Waals surface area contributed by atoms with Crippen molar-refractivity contribution in [2.45, 2.75) is 31.4 Å². The molecular formula is C15H22N4S2. The number of aromatic nitrogens is 2. The van der Waals surface area contributed by atoms with E-state index in [9.17, 15) is 0 Å². The molecule has 0 spiro atoms. The fourth-order valence-electron chi connectivity index (χ4n) is 3.02. The van der Waals surface area contributed by atoms with Crippen LogP contribution in [-0.4, -0.2) is 40.6 Å². The number of piperidine rings is 1. The highest BCUT2D eigenvalue weighted by Crippen LogP contribution is 2.38. The van der Waals surface area contributed by atoms with Crippen molar-refractivity contribution in [2.24, 2.45) is 5.73 Å². The normalized spacial score (nSPS) is 18.4. The number of rotatable bonds is 3. The highest BCUT2D eigenvalue weighted by Gasteiger charge is 2.33. The first-order valence-electron chi connectivity index (χ1n) is 7.31. The van der Waals surface area contributed by atoms with E-state index in [1.165, 1.54) is 15.8 Å². The Bertz CT molecular complexity index is 638. The van der Waals surface area contributed by atoms with Gasteiger partial charge < -0.3 is 10.6 Å². The molecule has 6 heteroatoms. The molecule has 0 radical (unpaired) electrons. The van der Waals surface area contributed by atoms with Gasteiger partial charge in [-0.3, -0.25) is 0 Å². The molecular weight excluding hydrogens is 300 g/mol. The van der Waals surface area contributed by atoms with Gasteiger partial charge in [0.1, 0.15) is 17.0 Å². The summed E-state index contributed by atoms with van der Waals surface area (Å²) >= 11 is 3.68. The Morgan fingerprint density at radius 2 is 2.05 bits per heavy atom.